The number of piperazine rings is 1. The molecule has 1 N–H and O–H groups in total. The Hall–Kier alpha value is -1.43. The fourth-order valence-electron chi connectivity index (χ4n) is 2.55. The highest BCUT2D eigenvalue weighted by Crippen LogP contribution is 2.28. The zero-order valence-electron chi connectivity index (χ0n) is 9.47. The van der Waals surface area contributed by atoms with Crippen molar-refractivity contribution in [1.82, 2.24) is 15.2 Å². The molecule has 0 saturated carbocycles. The second-order valence-corrected chi connectivity index (χ2v) is 4.42. The normalized spacial score (nSPS) is 33.2. The average molecular weight is 221 g/mol. The predicted octanol–water partition coefficient (Wildman–Crippen LogP) is -0.906. The maximum Gasteiger partial charge on any atom is 0.240 e. The molecule has 0 aromatic rings. The van der Waals surface area contributed by atoms with Crippen molar-refractivity contribution in [3.63, 3.8) is 0 Å². The molecule has 6 nitrogen and oxygen atoms in total. The summed E-state index contributed by atoms with van der Waals surface area (Å²) in [5.41, 5.74) is 0.874. The van der Waals surface area contributed by atoms with Crippen LogP contribution < -0.4 is 5.32 Å². The number of carbonyl (C=O) groups excluding carboxylic acids is 1. The van der Waals surface area contributed by atoms with Crippen LogP contribution in [0.4, 0.5) is 0 Å². The third kappa shape index (κ3) is 1.19. The Morgan fingerprint density at radius 1 is 1.50 bits per heavy atom. The first-order valence-electron chi connectivity index (χ1n) is 5.55. The molecule has 0 aromatic heterocycles. The molecular formula is C10H15N5O. The van der Waals surface area contributed by atoms with Crippen molar-refractivity contribution >= 4 is 17.5 Å². The van der Waals surface area contributed by atoms with Crippen LogP contribution in [0.15, 0.2) is 10.1 Å². The molecule has 1 saturated heterocycles. The van der Waals surface area contributed by atoms with Gasteiger partial charge < -0.3 is 5.32 Å². The molecule has 2 atom stereocenters. The highest BCUT2D eigenvalue weighted by molar-refractivity contribution is 6.12. The van der Waals surface area contributed by atoms with E-state index < -0.39 is 0 Å². The molecule has 3 rings (SSSR count). The highest BCUT2D eigenvalue weighted by Gasteiger charge is 2.45. The van der Waals surface area contributed by atoms with Gasteiger partial charge in [-0.05, 0) is 6.92 Å². The lowest BCUT2D eigenvalue weighted by Crippen LogP contribution is -2.58. The van der Waals surface area contributed by atoms with E-state index in [1.165, 1.54) is 0 Å². The number of fused-ring (bicyclic) bond motifs is 2. The van der Waals surface area contributed by atoms with Crippen molar-refractivity contribution in [1.29, 1.82) is 0 Å². The van der Waals surface area contributed by atoms with Gasteiger partial charge >= 0.3 is 0 Å². The van der Waals surface area contributed by atoms with Gasteiger partial charge in [0.05, 0.1) is 12.3 Å². The van der Waals surface area contributed by atoms with Crippen molar-refractivity contribution in [2.45, 2.75) is 13.1 Å². The number of hydrogen-bond donors (Lipinski definition) is 1. The van der Waals surface area contributed by atoms with Crippen LogP contribution in [0.25, 0.3) is 0 Å². The summed E-state index contributed by atoms with van der Waals surface area (Å²) < 4.78 is 0. The number of amides is 1. The molecule has 2 unspecified atom stereocenters. The van der Waals surface area contributed by atoms with Gasteiger partial charge in [-0.15, -0.1) is 0 Å². The minimum absolute atomic E-state index is 0.126. The van der Waals surface area contributed by atoms with Gasteiger partial charge in [0.1, 0.15) is 11.8 Å². The summed E-state index contributed by atoms with van der Waals surface area (Å²) in [4.78, 5) is 18.7. The molecule has 1 amide bonds. The Balaban J connectivity index is 2.00. The molecule has 3 aliphatic rings. The first kappa shape index (κ1) is 9.77. The molecule has 0 spiro atoms. The van der Waals surface area contributed by atoms with Crippen LogP contribution >= 0.6 is 0 Å². The zero-order valence-corrected chi connectivity index (χ0v) is 9.47. The highest BCUT2D eigenvalue weighted by atomic mass is 16.2. The molecule has 6 heteroatoms. The second-order valence-electron chi connectivity index (χ2n) is 4.42. The number of aliphatic imine (C=N–C) groups is 1. The van der Waals surface area contributed by atoms with Gasteiger partial charge in [-0.3, -0.25) is 14.7 Å². The van der Waals surface area contributed by atoms with E-state index in [0.717, 1.165) is 24.6 Å². The molecule has 86 valence electrons. The summed E-state index contributed by atoms with van der Waals surface area (Å²) in [6, 6.07) is 0. The first-order valence-corrected chi connectivity index (χ1v) is 5.55. The molecule has 3 aliphatic heterocycles. The molecule has 0 aromatic carbocycles. The summed E-state index contributed by atoms with van der Waals surface area (Å²) in [7, 11) is 1.87. The topological polar surface area (TPSA) is 60.3 Å². The van der Waals surface area contributed by atoms with E-state index >= 15 is 0 Å². The third-order valence-corrected chi connectivity index (χ3v) is 3.37. The SMILES string of the molecule is CC1=NN(C)C2N=C3CNCCN3C(=O)C12. The Morgan fingerprint density at radius 2 is 2.31 bits per heavy atom. The van der Waals surface area contributed by atoms with E-state index in [1.807, 2.05) is 14.0 Å². The Bertz CT molecular complexity index is 402. The van der Waals surface area contributed by atoms with Crippen molar-refractivity contribution < 1.29 is 4.79 Å². The number of carbonyl (C=O) groups is 1. The van der Waals surface area contributed by atoms with Crippen LogP contribution in [-0.2, 0) is 4.79 Å². The molecule has 3 heterocycles. The summed E-state index contributed by atoms with van der Waals surface area (Å²) in [6.45, 7) is 4.15. The van der Waals surface area contributed by atoms with Gasteiger partial charge in [-0.25, -0.2) is 4.99 Å². The van der Waals surface area contributed by atoms with Gasteiger partial charge in [-0.2, -0.15) is 5.10 Å². The lowest BCUT2D eigenvalue weighted by atomic mass is 9.98. The first-order chi connectivity index (χ1) is 7.68. The van der Waals surface area contributed by atoms with Gasteiger partial charge in [0.25, 0.3) is 0 Å². The van der Waals surface area contributed by atoms with Crippen LogP contribution in [0.2, 0.25) is 0 Å². The lowest BCUT2D eigenvalue weighted by molar-refractivity contribution is -0.131. The smallest absolute Gasteiger partial charge is 0.240 e. The van der Waals surface area contributed by atoms with E-state index in [2.05, 4.69) is 15.4 Å². The quantitative estimate of drug-likeness (QED) is 0.576. The van der Waals surface area contributed by atoms with Crippen LogP contribution in [0.1, 0.15) is 6.92 Å². The van der Waals surface area contributed by atoms with Crippen LogP contribution in [-0.4, -0.2) is 60.2 Å². The summed E-state index contributed by atoms with van der Waals surface area (Å²) in [6.07, 6.45) is -0.126. The molecule has 0 radical (unpaired) electrons. The van der Waals surface area contributed by atoms with E-state index in [0.29, 0.717) is 6.54 Å². The van der Waals surface area contributed by atoms with Gasteiger partial charge in [-0.1, -0.05) is 0 Å². The maximum absolute atomic E-state index is 12.3. The molecule has 0 aliphatic carbocycles. The maximum atomic E-state index is 12.3. The summed E-state index contributed by atoms with van der Waals surface area (Å²) >= 11 is 0. The number of nitrogens with zero attached hydrogens (tertiary/aromatic N) is 4. The second kappa shape index (κ2) is 3.28. The monoisotopic (exact) mass is 221 g/mol. The van der Waals surface area contributed by atoms with Gasteiger partial charge in [0.2, 0.25) is 5.91 Å². The van der Waals surface area contributed by atoms with E-state index in [9.17, 15) is 4.79 Å². The largest absolute Gasteiger partial charge is 0.308 e. The Labute approximate surface area is 94.0 Å². The van der Waals surface area contributed by atoms with E-state index in [4.69, 9.17) is 0 Å². The van der Waals surface area contributed by atoms with Crippen molar-refractivity contribution in [3.05, 3.63) is 0 Å². The lowest BCUT2D eigenvalue weighted by Gasteiger charge is -2.37. The van der Waals surface area contributed by atoms with Crippen LogP contribution in [0, 0.1) is 5.92 Å². The third-order valence-electron chi connectivity index (χ3n) is 3.37. The fraction of sp³-hybridized carbons (Fsp3) is 0.700. The van der Waals surface area contributed by atoms with Crippen molar-refractivity contribution in [2.24, 2.45) is 16.0 Å². The fourth-order valence-corrected chi connectivity index (χ4v) is 2.55. The van der Waals surface area contributed by atoms with Gasteiger partial charge in [0, 0.05) is 20.1 Å². The zero-order chi connectivity index (χ0) is 11.3. The van der Waals surface area contributed by atoms with Crippen molar-refractivity contribution in [2.75, 3.05) is 26.7 Å². The molecule has 16 heavy (non-hydrogen) atoms. The number of hydrazone groups is 1. The standard InChI is InChI=1S/C10H15N5O/c1-6-8-9(14(2)13-6)12-7-5-11-3-4-15(7)10(8)16/h8-9,11H,3-5H2,1-2H3. The number of amidine groups is 1. The average Bonchev–Trinajstić information content (AvgIpc) is 2.55. The molecule has 0 bridgehead atoms. The summed E-state index contributed by atoms with van der Waals surface area (Å²) in [5, 5.41) is 9.34. The minimum Gasteiger partial charge on any atom is -0.308 e. The van der Waals surface area contributed by atoms with E-state index in [1.54, 1.807) is 9.91 Å². The summed E-state index contributed by atoms with van der Waals surface area (Å²) in [5.74, 6) is 0.836. The number of nitrogens with one attached hydrogen (secondary N) is 1. The minimum atomic E-state index is -0.174. The molecular weight excluding hydrogens is 206 g/mol. The number of rotatable bonds is 0. The molecule has 1 fully saturated rings. The van der Waals surface area contributed by atoms with E-state index in [-0.39, 0.29) is 18.0 Å². The van der Waals surface area contributed by atoms with Crippen LogP contribution in [0.5, 0.6) is 0 Å². The Morgan fingerprint density at radius 3 is 3.12 bits per heavy atom. The van der Waals surface area contributed by atoms with Crippen LogP contribution in [0.3, 0.4) is 0 Å². The predicted molar refractivity (Wildman–Crippen MR) is 60.2 cm³/mol. The number of hydrogen-bond acceptors (Lipinski definition) is 5. The van der Waals surface area contributed by atoms with Crippen molar-refractivity contribution in [3.8, 4) is 0 Å². The van der Waals surface area contributed by atoms with Gasteiger partial charge in [0.15, 0.2) is 6.17 Å². The Kier molecular flexibility index (Phi) is 2.00.